The van der Waals surface area contributed by atoms with Gasteiger partial charge in [-0.05, 0) is 31.2 Å². The van der Waals surface area contributed by atoms with Crippen LogP contribution in [0, 0.1) is 0 Å². The van der Waals surface area contributed by atoms with Crippen LogP contribution < -0.4 is 4.31 Å². The van der Waals surface area contributed by atoms with Crippen LogP contribution in [0.2, 0.25) is 0 Å². The molecule has 2 aromatic rings. The molecule has 0 saturated heterocycles. The first-order valence-electron chi connectivity index (χ1n) is 5.50. The third-order valence-corrected chi connectivity index (χ3v) is 4.28. The first kappa shape index (κ1) is 12.5. The second-order valence-corrected chi connectivity index (χ2v) is 5.41. The minimum Gasteiger partial charge on any atom is -0.263 e. The molecular formula is C12H13N3O2S. The maximum Gasteiger partial charge on any atom is 0.267 e. The summed E-state index contributed by atoms with van der Waals surface area (Å²) in [5.74, 6) is 0.406. The number of hydrogen-bond acceptors (Lipinski definition) is 4. The van der Waals surface area contributed by atoms with Crippen LogP contribution in [0.25, 0.3) is 0 Å². The van der Waals surface area contributed by atoms with Gasteiger partial charge in [0.1, 0.15) is 10.7 Å². The van der Waals surface area contributed by atoms with E-state index in [0.717, 1.165) is 0 Å². The predicted molar refractivity (Wildman–Crippen MR) is 68.7 cm³/mol. The Morgan fingerprint density at radius 3 is 2.56 bits per heavy atom. The third-order valence-electron chi connectivity index (χ3n) is 2.41. The zero-order valence-electron chi connectivity index (χ0n) is 9.89. The summed E-state index contributed by atoms with van der Waals surface area (Å²) in [5.41, 5.74) is 0. The summed E-state index contributed by atoms with van der Waals surface area (Å²) >= 11 is 0. The predicted octanol–water partition coefficient (Wildman–Crippen LogP) is 1.69. The Kier molecular flexibility index (Phi) is 3.57. The second-order valence-electron chi connectivity index (χ2n) is 3.55. The first-order chi connectivity index (χ1) is 8.66. The Bertz CT molecular complexity index is 600. The lowest BCUT2D eigenvalue weighted by Gasteiger charge is -2.21. The van der Waals surface area contributed by atoms with Crippen molar-refractivity contribution in [3.8, 4) is 0 Å². The minimum absolute atomic E-state index is 0.164. The number of hydrogen-bond donors (Lipinski definition) is 0. The Hall–Kier alpha value is -1.95. The standard InChI is InChI=1S/C12H13N3O2S/c1-2-15(12-7-3-4-9-14-12)18(16,17)11-6-5-8-13-10-11/h3-10H,2H2,1H3. The number of nitrogens with zero attached hydrogens (tertiary/aromatic N) is 3. The SMILES string of the molecule is CCN(c1ccccn1)S(=O)(=O)c1cccnc1. The highest BCUT2D eigenvalue weighted by Crippen LogP contribution is 2.20. The molecule has 0 aromatic carbocycles. The fraction of sp³-hybridized carbons (Fsp3) is 0.167. The van der Waals surface area contributed by atoms with E-state index in [1.807, 2.05) is 0 Å². The molecule has 5 nitrogen and oxygen atoms in total. The smallest absolute Gasteiger partial charge is 0.263 e. The van der Waals surface area contributed by atoms with E-state index in [2.05, 4.69) is 9.97 Å². The van der Waals surface area contributed by atoms with Gasteiger partial charge in [-0.1, -0.05) is 6.07 Å². The third kappa shape index (κ3) is 2.33. The monoisotopic (exact) mass is 263 g/mol. The Morgan fingerprint density at radius 1 is 1.17 bits per heavy atom. The Balaban J connectivity index is 2.46. The quantitative estimate of drug-likeness (QED) is 0.842. The van der Waals surface area contributed by atoms with Crippen molar-refractivity contribution >= 4 is 15.8 Å². The van der Waals surface area contributed by atoms with Gasteiger partial charge in [0.2, 0.25) is 0 Å². The lowest BCUT2D eigenvalue weighted by molar-refractivity contribution is 0.591. The molecule has 0 spiro atoms. The minimum atomic E-state index is -3.60. The Labute approximate surface area is 106 Å². The van der Waals surface area contributed by atoms with Crippen LogP contribution in [-0.2, 0) is 10.0 Å². The van der Waals surface area contributed by atoms with Crippen molar-refractivity contribution in [2.75, 3.05) is 10.8 Å². The molecule has 2 heterocycles. The van der Waals surface area contributed by atoms with Gasteiger partial charge >= 0.3 is 0 Å². The molecule has 18 heavy (non-hydrogen) atoms. The average Bonchev–Trinajstić information content (AvgIpc) is 2.41. The second kappa shape index (κ2) is 5.14. The van der Waals surface area contributed by atoms with Gasteiger partial charge in [-0.2, -0.15) is 0 Å². The summed E-state index contributed by atoms with van der Waals surface area (Å²) in [4.78, 5) is 8.07. The van der Waals surface area contributed by atoms with Crippen LogP contribution >= 0.6 is 0 Å². The number of aromatic nitrogens is 2. The maximum absolute atomic E-state index is 12.4. The highest BCUT2D eigenvalue weighted by Gasteiger charge is 2.24. The van der Waals surface area contributed by atoms with Crippen molar-refractivity contribution in [3.63, 3.8) is 0 Å². The molecule has 2 rings (SSSR count). The molecule has 2 aromatic heterocycles. The van der Waals surface area contributed by atoms with Crippen LogP contribution in [-0.4, -0.2) is 24.9 Å². The van der Waals surface area contributed by atoms with Gasteiger partial charge in [0.15, 0.2) is 0 Å². The van der Waals surface area contributed by atoms with Gasteiger partial charge in [-0.3, -0.25) is 9.29 Å². The van der Waals surface area contributed by atoms with E-state index >= 15 is 0 Å². The van der Waals surface area contributed by atoms with E-state index in [4.69, 9.17) is 0 Å². The molecule has 0 aliphatic heterocycles. The number of anilines is 1. The molecule has 94 valence electrons. The fourth-order valence-corrected chi connectivity index (χ4v) is 2.98. The van der Waals surface area contributed by atoms with Gasteiger partial charge in [-0.15, -0.1) is 0 Å². The normalized spacial score (nSPS) is 11.2. The number of pyridine rings is 2. The van der Waals surface area contributed by atoms with Gasteiger partial charge in [-0.25, -0.2) is 13.4 Å². The zero-order chi connectivity index (χ0) is 13.0. The largest absolute Gasteiger partial charge is 0.267 e. The van der Waals surface area contributed by atoms with Crippen molar-refractivity contribution in [2.24, 2.45) is 0 Å². The molecule has 0 bridgehead atoms. The summed E-state index contributed by atoms with van der Waals surface area (Å²) in [5, 5.41) is 0. The Morgan fingerprint density at radius 2 is 2.00 bits per heavy atom. The van der Waals surface area contributed by atoms with E-state index in [-0.39, 0.29) is 4.90 Å². The summed E-state index contributed by atoms with van der Waals surface area (Å²) in [6, 6.07) is 8.28. The maximum atomic E-state index is 12.4. The summed E-state index contributed by atoms with van der Waals surface area (Å²) in [6.07, 6.45) is 4.44. The molecular weight excluding hydrogens is 250 g/mol. The van der Waals surface area contributed by atoms with Gasteiger partial charge in [0, 0.05) is 25.1 Å². The first-order valence-corrected chi connectivity index (χ1v) is 6.94. The van der Waals surface area contributed by atoms with E-state index in [1.165, 1.54) is 22.8 Å². The molecule has 0 saturated carbocycles. The van der Waals surface area contributed by atoms with E-state index in [0.29, 0.717) is 12.4 Å². The fourth-order valence-electron chi connectivity index (χ4n) is 1.58. The van der Waals surface area contributed by atoms with Gasteiger partial charge < -0.3 is 0 Å². The number of rotatable bonds is 4. The molecule has 0 radical (unpaired) electrons. The molecule has 0 amide bonds. The van der Waals surface area contributed by atoms with E-state index in [9.17, 15) is 8.42 Å². The highest BCUT2D eigenvalue weighted by atomic mass is 32.2. The lowest BCUT2D eigenvalue weighted by Crippen LogP contribution is -2.31. The topological polar surface area (TPSA) is 63.2 Å². The van der Waals surface area contributed by atoms with Crippen molar-refractivity contribution < 1.29 is 8.42 Å². The molecule has 0 fully saturated rings. The molecule has 6 heteroatoms. The average molecular weight is 263 g/mol. The summed E-state index contributed by atoms with van der Waals surface area (Å²) < 4.78 is 26.1. The van der Waals surface area contributed by atoms with Gasteiger partial charge in [0.05, 0.1) is 0 Å². The van der Waals surface area contributed by atoms with E-state index in [1.54, 1.807) is 37.4 Å². The van der Waals surface area contributed by atoms with Crippen molar-refractivity contribution in [3.05, 3.63) is 48.9 Å². The molecule has 0 N–H and O–H groups in total. The van der Waals surface area contributed by atoms with Crippen LogP contribution in [0.4, 0.5) is 5.82 Å². The van der Waals surface area contributed by atoms with Crippen molar-refractivity contribution in [2.45, 2.75) is 11.8 Å². The zero-order valence-corrected chi connectivity index (χ0v) is 10.7. The van der Waals surface area contributed by atoms with Crippen LogP contribution in [0.1, 0.15) is 6.92 Å². The summed E-state index contributed by atoms with van der Waals surface area (Å²) in [6.45, 7) is 2.08. The van der Waals surface area contributed by atoms with Crippen LogP contribution in [0.5, 0.6) is 0 Å². The molecule has 0 unspecified atom stereocenters. The lowest BCUT2D eigenvalue weighted by atomic mass is 10.4. The molecule has 0 atom stereocenters. The van der Waals surface area contributed by atoms with E-state index < -0.39 is 10.0 Å². The highest BCUT2D eigenvalue weighted by molar-refractivity contribution is 7.92. The summed E-state index contributed by atoms with van der Waals surface area (Å²) in [7, 11) is -3.60. The van der Waals surface area contributed by atoms with Gasteiger partial charge in [0.25, 0.3) is 10.0 Å². The van der Waals surface area contributed by atoms with Crippen LogP contribution in [0.15, 0.2) is 53.8 Å². The molecule has 0 aliphatic rings. The van der Waals surface area contributed by atoms with Crippen LogP contribution in [0.3, 0.4) is 0 Å². The molecule has 0 aliphatic carbocycles. The number of sulfonamides is 1. The van der Waals surface area contributed by atoms with Crippen molar-refractivity contribution in [1.29, 1.82) is 0 Å². The van der Waals surface area contributed by atoms with Crippen molar-refractivity contribution in [1.82, 2.24) is 9.97 Å².